The molecule has 4 aromatic rings. The summed E-state index contributed by atoms with van der Waals surface area (Å²) < 4.78 is 18.7. The molecular weight excluding hydrogens is 496 g/mol. The summed E-state index contributed by atoms with van der Waals surface area (Å²) in [6, 6.07) is 38.3. The third kappa shape index (κ3) is 8.72. The second kappa shape index (κ2) is 15.9. The van der Waals surface area contributed by atoms with E-state index in [-0.39, 0.29) is 18.0 Å². The fourth-order valence-electron chi connectivity index (χ4n) is 4.96. The molecule has 4 heteroatoms. The first-order chi connectivity index (χ1) is 19.7. The van der Waals surface area contributed by atoms with E-state index in [0.717, 1.165) is 16.7 Å². The molecule has 0 N–H and O–H groups in total. The van der Waals surface area contributed by atoms with Crippen molar-refractivity contribution >= 4 is 5.78 Å². The van der Waals surface area contributed by atoms with Gasteiger partial charge >= 0.3 is 0 Å². The number of benzene rings is 4. The molecule has 0 spiro atoms. The monoisotopic (exact) mass is 536 g/mol. The quantitative estimate of drug-likeness (QED) is 0.183. The van der Waals surface area contributed by atoms with Gasteiger partial charge in [0.1, 0.15) is 6.10 Å². The molecule has 0 bridgehead atoms. The Balaban J connectivity index is 0.00000181. The van der Waals surface area contributed by atoms with Crippen LogP contribution in [0.4, 0.5) is 0 Å². The zero-order valence-corrected chi connectivity index (χ0v) is 23.6. The second-order valence-electron chi connectivity index (χ2n) is 9.82. The highest BCUT2D eigenvalue weighted by Gasteiger charge is 2.35. The molecule has 1 heterocycles. The molecule has 0 saturated carbocycles. The van der Waals surface area contributed by atoms with Crippen LogP contribution in [-0.4, -0.2) is 30.7 Å². The maximum Gasteiger partial charge on any atom is 0.191 e. The van der Waals surface area contributed by atoms with Crippen molar-refractivity contribution in [3.8, 4) is 0 Å². The molecule has 208 valence electrons. The van der Waals surface area contributed by atoms with Crippen molar-refractivity contribution in [3.05, 3.63) is 143 Å². The topological polar surface area (TPSA) is 44.8 Å². The molecule has 0 aromatic heterocycles. The summed E-state index contributed by atoms with van der Waals surface area (Å²) in [4.78, 5) is 13.9. The number of hydrogen-bond donors (Lipinski definition) is 0. The van der Waals surface area contributed by atoms with Gasteiger partial charge in [-0.1, -0.05) is 129 Å². The minimum absolute atomic E-state index is 0.0117. The number of carbonyl (C=O) groups excluding carboxylic acids is 1. The van der Waals surface area contributed by atoms with Gasteiger partial charge in [-0.25, -0.2) is 0 Å². The molecule has 40 heavy (non-hydrogen) atoms. The lowest BCUT2D eigenvalue weighted by molar-refractivity contribution is -0.127. The number of hydrogen-bond acceptors (Lipinski definition) is 4. The fraction of sp³-hybridized carbons (Fsp3) is 0.306. The van der Waals surface area contributed by atoms with E-state index in [1.807, 2.05) is 105 Å². The Morgan fingerprint density at radius 2 is 1.25 bits per heavy atom. The van der Waals surface area contributed by atoms with Crippen molar-refractivity contribution in [3.63, 3.8) is 0 Å². The largest absolute Gasteiger partial charge is 0.374 e. The van der Waals surface area contributed by atoms with Gasteiger partial charge in [0.05, 0.1) is 32.0 Å². The van der Waals surface area contributed by atoms with Crippen LogP contribution in [0.5, 0.6) is 0 Å². The van der Waals surface area contributed by atoms with Gasteiger partial charge in [-0.15, -0.1) is 0 Å². The Bertz CT molecular complexity index is 1270. The van der Waals surface area contributed by atoms with Gasteiger partial charge in [0, 0.05) is 18.4 Å². The fourth-order valence-corrected chi connectivity index (χ4v) is 4.96. The van der Waals surface area contributed by atoms with E-state index in [4.69, 9.17) is 14.2 Å². The smallest absolute Gasteiger partial charge is 0.191 e. The van der Waals surface area contributed by atoms with Crippen molar-refractivity contribution in [2.45, 2.75) is 64.6 Å². The lowest BCUT2D eigenvalue weighted by atomic mass is 9.91. The first-order valence-electron chi connectivity index (χ1n) is 14.3. The highest BCUT2D eigenvalue weighted by atomic mass is 16.5. The first-order valence-corrected chi connectivity index (χ1v) is 14.3. The standard InChI is InChI=1S/C34H34O4.C2H6/c35-34(32-19-11-10-18-29(32)20-26-12-4-1-5-13-26)33-22-30(37-24-28-16-8-3-9-17-28)21-31(38-33)25-36-23-27-14-6-2-7-15-27;1-2/h1-19,30-31,33H,20-25H2;1-2H3/t30?,31?,33-;/m1./s1. The summed E-state index contributed by atoms with van der Waals surface area (Å²) in [5, 5.41) is 0. The van der Waals surface area contributed by atoms with E-state index in [1.54, 1.807) is 0 Å². The lowest BCUT2D eigenvalue weighted by Gasteiger charge is -2.35. The zero-order valence-electron chi connectivity index (χ0n) is 23.6. The average molecular weight is 537 g/mol. The lowest BCUT2D eigenvalue weighted by Crippen LogP contribution is -2.43. The van der Waals surface area contributed by atoms with Gasteiger partial charge < -0.3 is 14.2 Å². The molecular formula is C36H40O4. The summed E-state index contributed by atoms with van der Waals surface area (Å²) in [6.45, 7) is 5.43. The molecule has 2 unspecified atom stereocenters. The van der Waals surface area contributed by atoms with E-state index in [9.17, 15) is 4.79 Å². The number of carbonyl (C=O) groups is 1. The molecule has 4 nitrogen and oxygen atoms in total. The Morgan fingerprint density at radius 1 is 0.700 bits per heavy atom. The Morgan fingerprint density at radius 3 is 1.90 bits per heavy atom. The molecule has 0 radical (unpaired) electrons. The van der Waals surface area contributed by atoms with Crippen LogP contribution in [0.25, 0.3) is 0 Å². The Hall–Kier alpha value is -3.57. The third-order valence-corrected chi connectivity index (χ3v) is 6.92. The molecule has 1 aliphatic heterocycles. The summed E-state index contributed by atoms with van der Waals surface area (Å²) >= 11 is 0. The van der Waals surface area contributed by atoms with Crippen LogP contribution in [0.15, 0.2) is 115 Å². The number of Topliss-reactive ketones (excluding diaryl/α,β-unsaturated/α-hetero) is 1. The Kier molecular flexibility index (Phi) is 11.7. The van der Waals surface area contributed by atoms with Crippen LogP contribution < -0.4 is 0 Å². The van der Waals surface area contributed by atoms with E-state index in [1.165, 1.54) is 5.56 Å². The van der Waals surface area contributed by atoms with Crippen LogP contribution in [-0.2, 0) is 33.8 Å². The van der Waals surface area contributed by atoms with Gasteiger partial charge in [0.25, 0.3) is 0 Å². The highest BCUT2D eigenvalue weighted by molar-refractivity contribution is 6.01. The summed E-state index contributed by atoms with van der Waals surface area (Å²) in [7, 11) is 0. The number of ether oxygens (including phenoxy) is 3. The molecule has 0 aliphatic carbocycles. The normalized spacial score (nSPS) is 18.4. The maximum absolute atomic E-state index is 13.9. The van der Waals surface area contributed by atoms with Crippen molar-refractivity contribution in [1.29, 1.82) is 0 Å². The third-order valence-electron chi connectivity index (χ3n) is 6.92. The number of rotatable bonds is 11. The van der Waals surface area contributed by atoms with Crippen LogP contribution in [0.2, 0.25) is 0 Å². The first kappa shape index (κ1) is 29.4. The average Bonchev–Trinajstić information content (AvgIpc) is 3.02. The van der Waals surface area contributed by atoms with E-state index in [2.05, 4.69) is 24.3 Å². The molecule has 1 fully saturated rings. The van der Waals surface area contributed by atoms with Gasteiger partial charge in [-0.05, 0) is 28.7 Å². The predicted molar refractivity (Wildman–Crippen MR) is 160 cm³/mol. The molecule has 1 aliphatic rings. The Labute approximate surface area is 238 Å². The van der Waals surface area contributed by atoms with Crippen LogP contribution in [0, 0.1) is 0 Å². The summed E-state index contributed by atoms with van der Waals surface area (Å²) in [5.74, 6) is 0.0117. The van der Waals surface area contributed by atoms with Gasteiger partial charge in [0.2, 0.25) is 0 Å². The second-order valence-corrected chi connectivity index (χ2v) is 9.82. The SMILES string of the molecule is CC.O=C(c1ccccc1Cc1ccccc1)[C@H]1CC(OCc2ccccc2)CC(COCc2ccccc2)O1. The molecule has 5 rings (SSSR count). The maximum atomic E-state index is 13.9. The van der Waals surface area contributed by atoms with Gasteiger partial charge in [-0.3, -0.25) is 4.79 Å². The summed E-state index contributed by atoms with van der Waals surface area (Å²) in [5.41, 5.74) is 5.13. The van der Waals surface area contributed by atoms with Crippen LogP contribution >= 0.6 is 0 Å². The van der Waals surface area contributed by atoms with E-state index >= 15 is 0 Å². The minimum atomic E-state index is -0.577. The van der Waals surface area contributed by atoms with Gasteiger partial charge in [-0.2, -0.15) is 0 Å². The van der Waals surface area contributed by atoms with Crippen molar-refractivity contribution in [2.75, 3.05) is 6.61 Å². The van der Waals surface area contributed by atoms with E-state index < -0.39 is 6.10 Å². The molecule has 4 aromatic carbocycles. The molecule has 1 saturated heterocycles. The highest BCUT2D eigenvalue weighted by Crippen LogP contribution is 2.28. The minimum Gasteiger partial charge on any atom is -0.374 e. The van der Waals surface area contributed by atoms with Crippen LogP contribution in [0.1, 0.15) is 59.3 Å². The van der Waals surface area contributed by atoms with Gasteiger partial charge in [0.15, 0.2) is 5.78 Å². The molecule has 3 atom stereocenters. The van der Waals surface area contributed by atoms with E-state index in [0.29, 0.717) is 44.6 Å². The molecule has 0 amide bonds. The number of ketones is 1. The zero-order chi connectivity index (χ0) is 28.0. The van der Waals surface area contributed by atoms with Crippen molar-refractivity contribution < 1.29 is 19.0 Å². The van der Waals surface area contributed by atoms with Crippen molar-refractivity contribution in [1.82, 2.24) is 0 Å². The van der Waals surface area contributed by atoms with Crippen LogP contribution in [0.3, 0.4) is 0 Å². The predicted octanol–water partition coefficient (Wildman–Crippen LogP) is 7.84. The summed E-state index contributed by atoms with van der Waals surface area (Å²) in [6.07, 6.45) is 1.03. The van der Waals surface area contributed by atoms with Crippen molar-refractivity contribution in [2.24, 2.45) is 0 Å².